The lowest BCUT2D eigenvalue weighted by atomic mass is 10.1. The first-order valence-electron chi connectivity index (χ1n) is 8.99. The molecule has 140 valence electrons. The van der Waals surface area contributed by atoms with E-state index in [-0.39, 0.29) is 35.3 Å². The Morgan fingerprint density at radius 2 is 1.80 bits per heavy atom. The summed E-state index contributed by atoms with van der Waals surface area (Å²) < 4.78 is 40.7. The predicted molar refractivity (Wildman–Crippen MR) is 91.2 cm³/mol. The van der Waals surface area contributed by atoms with Crippen LogP contribution in [0.15, 0.2) is 4.47 Å². The number of hydrogen-bond donors (Lipinski definition) is 1. The van der Waals surface area contributed by atoms with Crippen molar-refractivity contribution in [1.29, 1.82) is 0 Å². The van der Waals surface area contributed by atoms with Gasteiger partial charge in [-0.05, 0) is 41.6 Å². The molecule has 8 heteroatoms. The van der Waals surface area contributed by atoms with Crippen molar-refractivity contribution in [2.45, 2.75) is 82.5 Å². The molecule has 0 saturated heterocycles. The summed E-state index contributed by atoms with van der Waals surface area (Å²) >= 11 is 3.07. The van der Waals surface area contributed by atoms with E-state index < -0.39 is 11.9 Å². The van der Waals surface area contributed by atoms with Gasteiger partial charge in [-0.1, -0.05) is 25.7 Å². The minimum Gasteiger partial charge on any atom is -0.353 e. The van der Waals surface area contributed by atoms with Gasteiger partial charge in [0.1, 0.15) is 0 Å². The molecule has 0 unspecified atom stereocenters. The normalized spacial score (nSPS) is 19.7. The molecule has 1 aromatic heterocycles. The smallest absolute Gasteiger partial charge is 0.353 e. The van der Waals surface area contributed by atoms with E-state index >= 15 is 0 Å². The van der Waals surface area contributed by atoms with Gasteiger partial charge in [0.25, 0.3) is 0 Å². The number of carbonyl (C=O) groups is 1. The van der Waals surface area contributed by atoms with Crippen LogP contribution in [-0.4, -0.2) is 21.7 Å². The third-order valence-electron chi connectivity index (χ3n) is 4.94. The highest BCUT2D eigenvalue weighted by Crippen LogP contribution is 2.47. The Kier molecular flexibility index (Phi) is 5.75. The van der Waals surface area contributed by atoms with Crippen LogP contribution in [0.1, 0.15) is 75.1 Å². The average molecular weight is 422 g/mol. The first kappa shape index (κ1) is 18.7. The van der Waals surface area contributed by atoms with Crippen LogP contribution in [-0.2, 0) is 17.5 Å². The molecule has 25 heavy (non-hydrogen) atoms. The van der Waals surface area contributed by atoms with Gasteiger partial charge in [-0.3, -0.25) is 9.48 Å². The van der Waals surface area contributed by atoms with E-state index in [1.807, 2.05) is 0 Å². The molecule has 1 N–H and O–H groups in total. The molecule has 0 aromatic carbocycles. The van der Waals surface area contributed by atoms with E-state index in [1.54, 1.807) is 0 Å². The van der Waals surface area contributed by atoms with Crippen LogP contribution in [0.25, 0.3) is 0 Å². The molecular weight excluding hydrogens is 399 g/mol. The average Bonchev–Trinajstić information content (AvgIpc) is 3.33. The van der Waals surface area contributed by atoms with Crippen LogP contribution in [0.2, 0.25) is 0 Å². The van der Waals surface area contributed by atoms with Crippen LogP contribution in [0.5, 0.6) is 0 Å². The number of carbonyl (C=O) groups excluding carboxylic acids is 1. The second kappa shape index (κ2) is 7.68. The van der Waals surface area contributed by atoms with Crippen molar-refractivity contribution < 1.29 is 18.0 Å². The Labute approximate surface area is 153 Å². The monoisotopic (exact) mass is 421 g/mol. The number of nitrogens with zero attached hydrogens (tertiary/aromatic N) is 2. The number of hydrogen-bond acceptors (Lipinski definition) is 2. The number of aryl methyl sites for hydroxylation is 1. The van der Waals surface area contributed by atoms with Crippen LogP contribution in [0.4, 0.5) is 13.2 Å². The summed E-state index contributed by atoms with van der Waals surface area (Å²) in [4.78, 5) is 12.2. The highest BCUT2D eigenvalue weighted by Gasteiger charge is 2.41. The van der Waals surface area contributed by atoms with Gasteiger partial charge in [-0.25, -0.2) is 0 Å². The largest absolute Gasteiger partial charge is 0.436 e. The second-order valence-electron chi connectivity index (χ2n) is 7.05. The molecule has 2 aliphatic carbocycles. The zero-order valence-electron chi connectivity index (χ0n) is 14.0. The summed E-state index contributed by atoms with van der Waals surface area (Å²) in [6.07, 6.45) is 4.05. The fourth-order valence-corrected chi connectivity index (χ4v) is 4.31. The van der Waals surface area contributed by atoms with Gasteiger partial charge < -0.3 is 5.32 Å². The number of alkyl halides is 3. The minimum atomic E-state index is -4.49. The first-order chi connectivity index (χ1) is 11.9. The number of halogens is 4. The van der Waals surface area contributed by atoms with Crippen molar-refractivity contribution in [3.05, 3.63) is 15.9 Å². The number of nitrogens with one attached hydrogen (secondary N) is 1. The number of amides is 1. The summed E-state index contributed by atoms with van der Waals surface area (Å²) in [5.74, 6) is 0.0109. The summed E-state index contributed by atoms with van der Waals surface area (Å²) in [5.41, 5.74) is -0.312. The maximum absolute atomic E-state index is 13.1. The first-order valence-corrected chi connectivity index (χ1v) is 9.78. The standard InChI is InChI=1S/C17H23BrF3N3O/c18-14-15(11-7-8-11)24(23-16(14)17(19,20)21)10-9-13(25)22-12-5-3-1-2-4-6-12/h11-12H,1-10H2,(H,22,25). The molecule has 2 saturated carbocycles. The van der Waals surface area contributed by atoms with Gasteiger partial charge in [0, 0.05) is 18.4 Å². The highest BCUT2D eigenvalue weighted by atomic mass is 79.9. The highest BCUT2D eigenvalue weighted by molar-refractivity contribution is 9.10. The van der Waals surface area contributed by atoms with Crippen LogP contribution in [0.3, 0.4) is 0 Å². The molecule has 0 radical (unpaired) electrons. The fourth-order valence-electron chi connectivity index (χ4n) is 3.48. The lowest BCUT2D eigenvalue weighted by Gasteiger charge is -2.16. The lowest BCUT2D eigenvalue weighted by Crippen LogP contribution is -2.35. The second-order valence-corrected chi connectivity index (χ2v) is 7.84. The molecule has 0 atom stereocenters. The Morgan fingerprint density at radius 1 is 1.16 bits per heavy atom. The molecule has 2 aliphatic rings. The quantitative estimate of drug-likeness (QED) is 0.695. The van der Waals surface area contributed by atoms with Gasteiger partial charge in [0.05, 0.1) is 16.7 Å². The molecule has 1 aromatic rings. The summed E-state index contributed by atoms with van der Waals surface area (Å²) in [6.45, 7) is 0.180. The van der Waals surface area contributed by atoms with E-state index in [4.69, 9.17) is 0 Å². The van der Waals surface area contributed by atoms with Crippen molar-refractivity contribution in [3.63, 3.8) is 0 Å². The molecular formula is C17H23BrF3N3O. The van der Waals surface area contributed by atoms with E-state index in [9.17, 15) is 18.0 Å². The van der Waals surface area contributed by atoms with Gasteiger partial charge in [0.15, 0.2) is 5.69 Å². The van der Waals surface area contributed by atoms with E-state index in [0.717, 1.165) is 38.5 Å². The van der Waals surface area contributed by atoms with Gasteiger partial charge in [-0.2, -0.15) is 18.3 Å². The van der Waals surface area contributed by atoms with Crippen molar-refractivity contribution in [2.75, 3.05) is 0 Å². The minimum absolute atomic E-state index is 0.0340. The fraction of sp³-hybridized carbons (Fsp3) is 0.765. The van der Waals surface area contributed by atoms with Crippen molar-refractivity contribution in [1.82, 2.24) is 15.1 Å². The maximum Gasteiger partial charge on any atom is 0.436 e. The Bertz CT molecular complexity index is 617. The summed E-state index contributed by atoms with van der Waals surface area (Å²) in [7, 11) is 0. The van der Waals surface area contributed by atoms with E-state index in [2.05, 4.69) is 26.3 Å². The molecule has 0 spiro atoms. The van der Waals surface area contributed by atoms with E-state index in [1.165, 1.54) is 17.5 Å². The van der Waals surface area contributed by atoms with Crippen LogP contribution >= 0.6 is 15.9 Å². The van der Waals surface area contributed by atoms with Gasteiger partial charge in [0.2, 0.25) is 5.91 Å². The topological polar surface area (TPSA) is 46.9 Å². The lowest BCUT2D eigenvalue weighted by molar-refractivity contribution is -0.142. The van der Waals surface area contributed by atoms with Crippen molar-refractivity contribution in [3.8, 4) is 0 Å². The molecule has 1 amide bonds. The van der Waals surface area contributed by atoms with Gasteiger partial charge in [-0.15, -0.1) is 0 Å². The molecule has 0 aliphatic heterocycles. The Morgan fingerprint density at radius 3 is 2.36 bits per heavy atom. The zero-order valence-corrected chi connectivity index (χ0v) is 15.6. The molecule has 1 heterocycles. The summed E-state index contributed by atoms with van der Waals surface area (Å²) in [6, 6.07) is 0.202. The number of aromatic nitrogens is 2. The summed E-state index contributed by atoms with van der Waals surface area (Å²) in [5, 5.41) is 6.77. The third kappa shape index (κ3) is 4.77. The molecule has 0 bridgehead atoms. The predicted octanol–water partition coefficient (Wildman–Crippen LogP) is 4.77. The molecule has 2 fully saturated rings. The zero-order chi connectivity index (χ0) is 18.0. The van der Waals surface area contributed by atoms with E-state index in [0.29, 0.717) is 5.69 Å². The van der Waals surface area contributed by atoms with Crippen molar-refractivity contribution in [2.24, 2.45) is 0 Å². The van der Waals surface area contributed by atoms with Crippen LogP contribution in [0, 0.1) is 0 Å². The Balaban J connectivity index is 1.63. The molecule has 4 nitrogen and oxygen atoms in total. The van der Waals surface area contributed by atoms with Crippen molar-refractivity contribution >= 4 is 21.8 Å². The third-order valence-corrected chi connectivity index (χ3v) is 5.72. The molecule has 3 rings (SSSR count). The maximum atomic E-state index is 13.1. The van der Waals surface area contributed by atoms with Gasteiger partial charge >= 0.3 is 6.18 Å². The van der Waals surface area contributed by atoms with Crippen LogP contribution < -0.4 is 5.32 Å². The Hall–Kier alpha value is -1.05. The number of rotatable bonds is 5. The SMILES string of the molecule is O=C(CCn1nc(C(F)(F)F)c(Br)c1C1CC1)NC1CCCCCC1.